The first-order valence-electron chi connectivity index (χ1n) is 7.30. The third-order valence-electron chi connectivity index (χ3n) is 3.46. The number of carbonyl (C=O) groups is 1. The van der Waals surface area contributed by atoms with Crippen LogP contribution in [0, 0.1) is 0 Å². The predicted molar refractivity (Wildman–Crippen MR) is 80.1 cm³/mol. The number of likely N-dealkylation sites (tertiary alicyclic amines) is 1. The molecule has 0 spiro atoms. The average molecular weight is 272 g/mol. The second-order valence-corrected chi connectivity index (χ2v) is 6.01. The van der Waals surface area contributed by atoms with Gasteiger partial charge < -0.3 is 10.2 Å². The lowest BCUT2D eigenvalue weighted by Crippen LogP contribution is -2.38. The Morgan fingerprint density at radius 3 is 2.83 bits per heavy atom. The minimum absolute atomic E-state index is 0.0986. The molecule has 1 aliphatic heterocycles. The lowest BCUT2D eigenvalue weighted by molar-refractivity contribution is -0.129. The van der Waals surface area contributed by atoms with Crippen molar-refractivity contribution >= 4 is 17.7 Å². The second-order valence-electron chi connectivity index (χ2n) is 5.03. The molecule has 0 bridgehead atoms. The maximum absolute atomic E-state index is 12.0. The van der Waals surface area contributed by atoms with Crippen molar-refractivity contribution in [1.29, 1.82) is 0 Å². The number of rotatable bonds is 10. The second kappa shape index (κ2) is 9.68. The molecule has 4 heteroatoms. The first kappa shape index (κ1) is 15.8. The van der Waals surface area contributed by atoms with E-state index in [0.29, 0.717) is 5.91 Å². The van der Waals surface area contributed by atoms with Crippen LogP contribution in [-0.4, -0.2) is 48.5 Å². The molecule has 0 aliphatic carbocycles. The predicted octanol–water partition coefficient (Wildman–Crippen LogP) is 2.51. The highest BCUT2D eigenvalue weighted by molar-refractivity contribution is 7.98. The molecule has 1 N–H and O–H groups in total. The third-order valence-corrected chi connectivity index (χ3v) is 4.16. The van der Waals surface area contributed by atoms with Gasteiger partial charge in [0.25, 0.3) is 0 Å². The lowest BCUT2D eigenvalue weighted by atomic mass is 10.2. The Hall–Kier alpha value is -0.220. The van der Waals surface area contributed by atoms with Crippen LogP contribution in [0.3, 0.4) is 0 Å². The van der Waals surface area contributed by atoms with E-state index in [-0.39, 0.29) is 6.04 Å². The summed E-state index contributed by atoms with van der Waals surface area (Å²) in [5.41, 5.74) is 0. The summed E-state index contributed by atoms with van der Waals surface area (Å²) in [5, 5.41) is 3.34. The standard InChI is InChI=1S/C14H28N2OS/c1-3-9-15-13-8-11-16(14(13)17)10-6-4-5-7-12-18-2/h13,15H,3-12H2,1-2H3. The SMILES string of the molecule is CCCNC1CCN(CCCCCCSC)C1=O. The van der Waals surface area contributed by atoms with Crippen LogP contribution >= 0.6 is 11.8 Å². The van der Waals surface area contributed by atoms with E-state index in [1.54, 1.807) is 0 Å². The van der Waals surface area contributed by atoms with Crippen molar-refractivity contribution in [3.63, 3.8) is 0 Å². The van der Waals surface area contributed by atoms with Gasteiger partial charge in [0.05, 0.1) is 6.04 Å². The van der Waals surface area contributed by atoms with Crippen LogP contribution in [0.1, 0.15) is 45.4 Å². The van der Waals surface area contributed by atoms with Gasteiger partial charge in [-0.2, -0.15) is 11.8 Å². The number of amides is 1. The Morgan fingerprint density at radius 2 is 2.11 bits per heavy atom. The van der Waals surface area contributed by atoms with E-state index in [1.165, 1.54) is 31.4 Å². The summed E-state index contributed by atoms with van der Waals surface area (Å²) in [7, 11) is 0. The maximum Gasteiger partial charge on any atom is 0.239 e. The van der Waals surface area contributed by atoms with Crippen LogP contribution in [0.25, 0.3) is 0 Å². The van der Waals surface area contributed by atoms with Gasteiger partial charge in [0, 0.05) is 13.1 Å². The van der Waals surface area contributed by atoms with E-state index in [2.05, 4.69) is 18.5 Å². The molecule has 1 heterocycles. The fourth-order valence-electron chi connectivity index (χ4n) is 2.37. The molecule has 3 nitrogen and oxygen atoms in total. The van der Waals surface area contributed by atoms with Crippen molar-refractivity contribution in [3.05, 3.63) is 0 Å². The summed E-state index contributed by atoms with van der Waals surface area (Å²) in [6.45, 7) is 5.01. The number of nitrogens with one attached hydrogen (secondary N) is 1. The summed E-state index contributed by atoms with van der Waals surface area (Å²) in [6, 6.07) is 0.0986. The zero-order chi connectivity index (χ0) is 13.2. The Morgan fingerprint density at radius 1 is 1.33 bits per heavy atom. The monoisotopic (exact) mass is 272 g/mol. The number of thioether (sulfide) groups is 1. The van der Waals surface area contributed by atoms with E-state index in [0.717, 1.165) is 32.5 Å². The number of hydrogen-bond donors (Lipinski definition) is 1. The smallest absolute Gasteiger partial charge is 0.239 e. The van der Waals surface area contributed by atoms with E-state index in [1.807, 2.05) is 16.7 Å². The van der Waals surface area contributed by atoms with Crippen LogP contribution in [0.2, 0.25) is 0 Å². The lowest BCUT2D eigenvalue weighted by Gasteiger charge is -2.16. The molecule has 1 aliphatic rings. The van der Waals surface area contributed by atoms with Gasteiger partial charge in [-0.25, -0.2) is 0 Å². The minimum atomic E-state index is 0.0986. The minimum Gasteiger partial charge on any atom is -0.341 e. The van der Waals surface area contributed by atoms with E-state index >= 15 is 0 Å². The van der Waals surface area contributed by atoms with Gasteiger partial charge in [0.15, 0.2) is 0 Å². The van der Waals surface area contributed by atoms with Gasteiger partial charge in [-0.15, -0.1) is 0 Å². The topological polar surface area (TPSA) is 32.3 Å². The van der Waals surface area contributed by atoms with E-state index < -0.39 is 0 Å². The highest BCUT2D eigenvalue weighted by Gasteiger charge is 2.30. The Labute approximate surface area is 116 Å². The normalized spacial score (nSPS) is 19.8. The van der Waals surface area contributed by atoms with Crippen LogP contribution in [-0.2, 0) is 4.79 Å². The molecule has 0 aromatic carbocycles. The summed E-state index contributed by atoms with van der Waals surface area (Å²) in [6.07, 6.45) is 9.30. The van der Waals surface area contributed by atoms with Crippen LogP contribution < -0.4 is 5.32 Å². The molecule has 1 saturated heterocycles. The molecular weight excluding hydrogens is 244 g/mol. The van der Waals surface area contributed by atoms with Crippen molar-refractivity contribution in [2.45, 2.75) is 51.5 Å². The number of hydrogen-bond acceptors (Lipinski definition) is 3. The first-order chi connectivity index (χ1) is 8.79. The molecule has 1 atom stereocenters. The van der Waals surface area contributed by atoms with Crippen molar-refractivity contribution in [1.82, 2.24) is 10.2 Å². The Kier molecular flexibility index (Phi) is 8.51. The molecule has 1 amide bonds. The van der Waals surface area contributed by atoms with Crippen LogP contribution in [0.15, 0.2) is 0 Å². The number of unbranched alkanes of at least 4 members (excludes halogenated alkanes) is 3. The Bertz CT molecular complexity index is 236. The third kappa shape index (κ3) is 5.61. The van der Waals surface area contributed by atoms with Crippen molar-refractivity contribution in [3.8, 4) is 0 Å². The molecule has 0 aromatic heterocycles. The molecule has 1 fully saturated rings. The molecule has 0 saturated carbocycles. The van der Waals surface area contributed by atoms with Crippen molar-refractivity contribution in [2.24, 2.45) is 0 Å². The van der Waals surface area contributed by atoms with Crippen molar-refractivity contribution < 1.29 is 4.79 Å². The molecule has 106 valence electrons. The van der Waals surface area contributed by atoms with Crippen LogP contribution in [0.5, 0.6) is 0 Å². The summed E-state index contributed by atoms with van der Waals surface area (Å²) < 4.78 is 0. The highest BCUT2D eigenvalue weighted by Crippen LogP contribution is 2.13. The first-order valence-corrected chi connectivity index (χ1v) is 8.70. The van der Waals surface area contributed by atoms with Gasteiger partial charge in [0.1, 0.15) is 0 Å². The van der Waals surface area contributed by atoms with Gasteiger partial charge in [-0.3, -0.25) is 4.79 Å². The fourth-order valence-corrected chi connectivity index (χ4v) is 2.86. The highest BCUT2D eigenvalue weighted by atomic mass is 32.2. The van der Waals surface area contributed by atoms with Gasteiger partial charge in [0.2, 0.25) is 5.91 Å². The molecule has 0 radical (unpaired) electrons. The molecule has 1 rings (SSSR count). The van der Waals surface area contributed by atoms with Gasteiger partial charge in [-0.05, 0) is 44.2 Å². The molecule has 0 aromatic rings. The molecule has 1 unspecified atom stereocenters. The maximum atomic E-state index is 12.0. The summed E-state index contributed by atoms with van der Waals surface area (Å²) in [5.74, 6) is 1.60. The fraction of sp³-hybridized carbons (Fsp3) is 0.929. The average Bonchev–Trinajstić information content (AvgIpc) is 2.72. The summed E-state index contributed by atoms with van der Waals surface area (Å²) in [4.78, 5) is 14.1. The molecule has 18 heavy (non-hydrogen) atoms. The zero-order valence-electron chi connectivity index (χ0n) is 11.9. The van der Waals surface area contributed by atoms with E-state index in [9.17, 15) is 4.79 Å². The number of nitrogens with zero attached hydrogens (tertiary/aromatic N) is 1. The van der Waals surface area contributed by atoms with Crippen LogP contribution in [0.4, 0.5) is 0 Å². The quantitative estimate of drug-likeness (QED) is 0.620. The van der Waals surface area contributed by atoms with Gasteiger partial charge >= 0.3 is 0 Å². The number of carbonyl (C=O) groups excluding carboxylic acids is 1. The van der Waals surface area contributed by atoms with Gasteiger partial charge in [-0.1, -0.05) is 19.8 Å². The summed E-state index contributed by atoms with van der Waals surface area (Å²) >= 11 is 1.92. The Balaban J connectivity index is 2.07. The molecular formula is C14H28N2OS. The van der Waals surface area contributed by atoms with E-state index in [4.69, 9.17) is 0 Å². The van der Waals surface area contributed by atoms with Crippen molar-refractivity contribution in [2.75, 3.05) is 31.6 Å². The zero-order valence-corrected chi connectivity index (χ0v) is 12.7. The largest absolute Gasteiger partial charge is 0.341 e.